The summed E-state index contributed by atoms with van der Waals surface area (Å²) in [6.45, 7) is 2.80. The third-order valence-corrected chi connectivity index (χ3v) is 2.83. The minimum atomic E-state index is 0.0403. The van der Waals surface area contributed by atoms with E-state index >= 15 is 0 Å². The fraction of sp³-hybridized carbons (Fsp3) is 0.900. The van der Waals surface area contributed by atoms with Crippen LogP contribution < -0.4 is 5.32 Å². The van der Waals surface area contributed by atoms with Gasteiger partial charge >= 0.3 is 5.97 Å². The van der Waals surface area contributed by atoms with Crippen LogP contribution in [0.2, 0.25) is 0 Å². The molecule has 0 aromatic carbocycles. The molecular formula is C10H17NO2. The summed E-state index contributed by atoms with van der Waals surface area (Å²) in [6, 6.07) is 0. The van der Waals surface area contributed by atoms with E-state index in [1.54, 1.807) is 0 Å². The Kier molecular flexibility index (Phi) is 2.83. The SMILES string of the molecule is O=C(OCC1CCNCC1)C1CC1. The molecule has 2 fully saturated rings. The van der Waals surface area contributed by atoms with Crippen LogP contribution in [0.25, 0.3) is 0 Å². The Bertz CT molecular complexity index is 183. The largest absolute Gasteiger partial charge is 0.465 e. The predicted molar refractivity (Wildman–Crippen MR) is 49.3 cm³/mol. The van der Waals surface area contributed by atoms with E-state index in [1.807, 2.05) is 0 Å². The molecule has 13 heavy (non-hydrogen) atoms. The van der Waals surface area contributed by atoms with Crippen molar-refractivity contribution in [2.75, 3.05) is 19.7 Å². The summed E-state index contributed by atoms with van der Waals surface area (Å²) in [6.07, 6.45) is 4.39. The topological polar surface area (TPSA) is 38.3 Å². The minimum Gasteiger partial charge on any atom is -0.465 e. The molecule has 0 bridgehead atoms. The zero-order chi connectivity index (χ0) is 9.10. The lowest BCUT2D eigenvalue weighted by Crippen LogP contribution is -2.30. The summed E-state index contributed by atoms with van der Waals surface area (Å²) >= 11 is 0. The third kappa shape index (κ3) is 2.69. The fourth-order valence-electron chi connectivity index (χ4n) is 1.69. The number of piperidine rings is 1. The monoisotopic (exact) mass is 183 g/mol. The van der Waals surface area contributed by atoms with E-state index in [9.17, 15) is 4.79 Å². The van der Waals surface area contributed by atoms with Crippen molar-refractivity contribution in [3.05, 3.63) is 0 Å². The molecule has 0 aromatic rings. The molecule has 1 N–H and O–H groups in total. The third-order valence-electron chi connectivity index (χ3n) is 2.83. The van der Waals surface area contributed by atoms with E-state index in [4.69, 9.17) is 4.74 Å². The Labute approximate surface area is 78.8 Å². The van der Waals surface area contributed by atoms with E-state index < -0.39 is 0 Å². The molecule has 1 saturated carbocycles. The molecule has 1 aliphatic carbocycles. The summed E-state index contributed by atoms with van der Waals surface area (Å²) in [5.41, 5.74) is 0. The number of ether oxygens (including phenoxy) is 1. The average molecular weight is 183 g/mol. The van der Waals surface area contributed by atoms with E-state index in [0.29, 0.717) is 12.5 Å². The summed E-state index contributed by atoms with van der Waals surface area (Å²) in [5, 5.41) is 3.30. The first-order chi connectivity index (χ1) is 6.36. The van der Waals surface area contributed by atoms with Crippen molar-refractivity contribution in [2.45, 2.75) is 25.7 Å². The standard InChI is InChI=1S/C10H17NO2/c12-10(9-1-2-9)13-7-8-3-5-11-6-4-8/h8-9,11H,1-7H2. The number of carbonyl (C=O) groups is 1. The van der Waals surface area contributed by atoms with Gasteiger partial charge in [0.15, 0.2) is 0 Å². The maximum atomic E-state index is 11.2. The number of esters is 1. The van der Waals surface area contributed by atoms with Crippen LogP contribution in [0, 0.1) is 11.8 Å². The van der Waals surface area contributed by atoms with Crippen LogP contribution >= 0.6 is 0 Å². The van der Waals surface area contributed by atoms with Crippen LogP contribution in [0.4, 0.5) is 0 Å². The first-order valence-corrected chi connectivity index (χ1v) is 5.23. The molecule has 3 nitrogen and oxygen atoms in total. The molecule has 3 heteroatoms. The summed E-state index contributed by atoms with van der Waals surface area (Å²) in [5.74, 6) is 0.893. The van der Waals surface area contributed by atoms with Gasteiger partial charge in [-0.25, -0.2) is 0 Å². The zero-order valence-electron chi connectivity index (χ0n) is 7.92. The van der Waals surface area contributed by atoms with Crippen LogP contribution in [0.1, 0.15) is 25.7 Å². The van der Waals surface area contributed by atoms with E-state index in [1.165, 1.54) is 0 Å². The summed E-state index contributed by atoms with van der Waals surface area (Å²) < 4.78 is 5.24. The Hall–Kier alpha value is -0.570. The normalized spacial score (nSPS) is 24.3. The van der Waals surface area contributed by atoms with Crippen LogP contribution in [0.3, 0.4) is 0 Å². The van der Waals surface area contributed by atoms with Gasteiger partial charge in [0.2, 0.25) is 0 Å². The van der Waals surface area contributed by atoms with Gasteiger partial charge in [0.05, 0.1) is 12.5 Å². The molecule has 2 rings (SSSR count). The van der Waals surface area contributed by atoms with Gasteiger partial charge in [-0.2, -0.15) is 0 Å². The van der Waals surface area contributed by atoms with E-state index in [0.717, 1.165) is 38.8 Å². The highest BCUT2D eigenvalue weighted by molar-refractivity contribution is 5.74. The van der Waals surface area contributed by atoms with Crippen molar-refractivity contribution in [1.82, 2.24) is 5.32 Å². The minimum absolute atomic E-state index is 0.0403. The zero-order valence-corrected chi connectivity index (χ0v) is 7.92. The molecule has 0 atom stereocenters. The lowest BCUT2D eigenvalue weighted by molar-refractivity contribution is -0.146. The number of hydrogen-bond donors (Lipinski definition) is 1. The molecule has 2 aliphatic rings. The number of rotatable bonds is 3. The first kappa shape index (κ1) is 9.00. The van der Waals surface area contributed by atoms with Crippen LogP contribution in [0.15, 0.2) is 0 Å². The van der Waals surface area contributed by atoms with E-state index in [2.05, 4.69) is 5.32 Å². The van der Waals surface area contributed by atoms with Crippen molar-refractivity contribution in [1.29, 1.82) is 0 Å². The van der Waals surface area contributed by atoms with Gasteiger partial charge in [-0.1, -0.05) is 0 Å². The molecule has 0 amide bonds. The maximum Gasteiger partial charge on any atom is 0.308 e. The van der Waals surface area contributed by atoms with E-state index in [-0.39, 0.29) is 11.9 Å². The Balaban J connectivity index is 1.62. The van der Waals surface area contributed by atoms with Crippen LogP contribution in [-0.4, -0.2) is 25.7 Å². The molecule has 74 valence electrons. The molecule has 0 radical (unpaired) electrons. The van der Waals surface area contributed by atoms with Gasteiger partial charge in [0.1, 0.15) is 0 Å². The van der Waals surface area contributed by atoms with Crippen molar-refractivity contribution in [3.8, 4) is 0 Å². The average Bonchev–Trinajstić information content (AvgIpc) is 2.99. The summed E-state index contributed by atoms with van der Waals surface area (Å²) in [7, 11) is 0. The molecule has 1 saturated heterocycles. The maximum absolute atomic E-state index is 11.2. The number of carbonyl (C=O) groups excluding carboxylic acids is 1. The lowest BCUT2D eigenvalue weighted by Gasteiger charge is -2.21. The first-order valence-electron chi connectivity index (χ1n) is 5.23. The Morgan fingerprint density at radius 2 is 1.92 bits per heavy atom. The van der Waals surface area contributed by atoms with Gasteiger partial charge in [0.25, 0.3) is 0 Å². The van der Waals surface area contributed by atoms with Crippen molar-refractivity contribution in [3.63, 3.8) is 0 Å². The Morgan fingerprint density at radius 3 is 2.54 bits per heavy atom. The number of nitrogens with one attached hydrogen (secondary N) is 1. The van der Waals surface area contributed by atoms with Gasteiger partial charge in [0, 0.05) is 0 Å². The van der Waals surface area contributed by atoms with Gasteiger partial charge in [-0.05, 0) is 44.7 Å². The molecule has 0 unspecified atom stereocenters. The lowest BCUT2D eigenvalue weighted by atomic mass is 9.99. The highest BCUT2D eigenvalue weighted by Crippen LogP contribution is 2.30. The molecule has 1 aliphatic heterocycles. The van der Waals surface area contributed by atoms with Crippen molar-refractivity contribution >= 4 is 5.97 Å². The fourth-order valence-corrected chi connectivity index (χ4v) is 1.69. The Morgan fingerprint density at radius 1 is 1.23 bits per heavy atom. The van der Waals surface area contributed by atoms with Crippen LogP contribution in [0.5, 0.6) is 0 Å². The second kappa shape index (κ2) is 4.09. The summed E-state index contributed by atoms with van der Waals surface area (Å²) in [4.78, 5) is 11.2. The second-order valence-electron chi connectivity index (χ2n) is 4.10. The molecule has 0 aromatic heterocycles. The molecule has 1 heterocycles. The van der Waals surface area contributed by atoms with Crippen LogP contribution in [-0.2, 0) is 9.53 Å². The van der Waals surface area contributed by atoms with Crippen molar-refractivity contribution < 1.29 is 9.53 Å². The molecule has 0 spiro atoms. The van der Waals surface area contributed by atoms with Gasteiger partial charge in [-0.3, -0.25) is 4.79 Å². The van der Waals surface area contributed by atoms with Crippen molar-refractivity contribution in [2.24, 2.45) is 11.8 Å². The highest BCUT2D eigenvalue weighted by atomic mass is 16.5. The smallest absolute Gasteiger partial charge is 0.308 e. The second-order valence-corrected chi connectivity index (χ2v) is 4.10. The number of hydrogen-bond acceptors (Lipinski definition) is 3. The highest BCUT2D eigenvalue weighted by Gasteiger charge is 2.31. The quantitative estimate of drug-likeness (QED) is 0.662. The molecular weight excluding hydrogens is 166 g/mol. The van der Waals surface area contributed by atoms with Gasteiger partial charge in [-0.15, -0.1) is 0 Å². The predicted octanol–water partition coefficient (Wildman–Crippen LogP) is 0.939. The van der Waals surface area contributed by atoms with Gasteiger partial charge < -0.3 is 10.1 Å².